The summed E-state index contributed by atoms with van der Waals surface area (Å²) in [6, 6.07) is 12.6. The van der Waals surface area contributed by atoms with Gasteiger partial charge in [0.05, 0.1) is 0 Å². The summed E-state index contributed by atoms with van der Waals surface area (Å²) >= 11 is 0. The number of aryl methyl sites for hydroxylation is 1. The number of aromatic nitrogens is 1. The zero-order valence-electron chi connectivity index (χ0n) is 10.8. The van der Waals surface area contributed by atoms with Crippen LogP contribution in [0, 0.1) is 0 Å². The number of para-hydroxylation sites is 1. The molecule has 1 aliphatic rings. The van der Waals surface area contributed by atoms with Gasteiger partial charge in [-0.2, -0.15) is 0 Å². The van der Waals surface area contributed by atoms with E-state index in [1.165, 1.54) is 24.1 Å². The van der Waals surface area contributed by atoms with Crippen molar-refractivity contribution >= 4 is 17.2 Å². The predicted octanol–water partition coefficient (Wildman–Crippen LogP) is 2.84. The lowest BCUT2D eigenvalue weighted by Crippen LogP contribution is -2.18. The molecule has 0 bridgehead atoms. The van der Waals surface area contributed by atoms with Crippen LogP contribution in [0.2, 0.25) is 0 Å². The third kappa shape index (κ3) is 2.39. The Morgan fingerprint density at radius 3 is 2.95 bits per heavy atom. The zero-order valence-corrected chi connectivity index (χ0v) is 10.8. The highest BCUT2D eigenvalue weighted by Gasteiger charge is 2.16. The molecule has 4 nitrogen and oxygen atoms in total. The molecule has 19 heavy (non-hydrogen) atoms. The summed E-state index contributed by atoms with van der Waals surface area (Å²) in [6.07, 6.45) is 5.38. The van der Waals surface area contributed by atoms with Crippen molar-refractivity contribution in [3.05, 3.63) is 48.2 Å². The molecule has 3 rings (SSSR count). The fraction of sp³-hybridized carbons (Fsp3) is 0.267. The minimum atomic E-state index is 0.694. The number of pyridine rings is 1. The number of nitrogen functional groups attached to an aromatic ring is 1. The first-order valence-corrected chi connectivity index (χ1v) is 6.66. The molecule has 0 saturated carbocycles. The number of hydrogen-bond acceptors (Lipinski definition) is 4. The zero-order chi connectivity index (χ0) is 13.1. The normalized spacial score (nSPS) is 14.7. The Hall–Kier alpha value is -2.07. The van der Waals surface area contributed by atoms with E-state index in [1.54, 1.807) is 6.20 Å². The van der Waals surface area contributed by atoms with E-state index in [-0.39, 0.29) is 0 Å². The second kappa shape index (κ2) is 5.28. The second-order valence-electron chi connectivity index (χ2n) is 4.78. The average molecular weight is 254 g/mol. The third-order valence-corrected chi connectivity index (χ3v) is 3.56. The van der Waals surface area contributed by atoms with E-state index in [0.717, 1.165) is 18.7 Å². The van der Waals surface area contributed by atoms with Crippen LogP contribution < -0.4 is 16.2 Å². The maximum absolute atomic E-state index is 5.44. The van der Waals surface area contributed by atoms with E-state index in [0.29, 0.717) is 5.82 Å². The third-order valence-electron chi connectivity index (χ3n) is 3.56. The molecule has 0 saturated heterocycles. The van der Waals surface area contributed by atoms with Crippen LogP contribution >= 0.6 is 0 Å². The van der Waals surface area contributed by atoms with Crippen molar-refractivity contribution in [2.45, 2.75) is 19.3 Å². The fourth-order valence-electron chi connectivity index (χ4n) is 2.63. The van der Waals surface area contributed by atoms with E-state index in [4.69, 9.17) is 5.84 Å². The molecule has 2 aromatic rings. The summed E-state index contributed by atoms with van der Waals surface area (Å²) in [5, 5.41) is 0. The SMILES string of the molecule is NNc1cc(N2CCCCc3ccccc32)ccn1. The van der Waals surface area contributed by atoms with Gasteiger partial charge < -0.3 is 10.3 Å². The van der Waals surface area contributed by atoms with Gasteiger partial charge in [0.1, 0.15) is 5.82 Å². The molecule has 98 valence electrons. The quantitative estimate of drug-likeness (QED) is 0.639. The number of benzene rings is 1. The van der Waals surface area contributed by atoms with Gasteiger partial charge in [-0.3, -0.25) is 0 Å². The summed E-state index contributed by atoms with van der Waals surface area (Å²) in [6.45, 7) is 1.03. The molecule has 0 fully saturated rings. The lowest BCUT2D eigenvalue weighted by Gasteiger charge is -2.25. The van der Waals surface area contributed by atoms with Crippen LogP contribution in [0.1, 0.15) is 18.4 Å². The highest BCUT2D eigenvalue weighted by Crippen LogP contribution is 2.32. The Labute approximate surface area is 113 Å². The Bertz CT molecular complexity index is 568. The number of nitrogens with two attached hydrogens (primary N) is 1. The summed E-state index contributed by atoms with van der Waals surface area (Å²) in [5.41, 5.74) is 6.46. The highest BCUT2D eigenvalue weighted by molar-refractivity contribution is 5.68. The monoisotopic (exact) mass is 254 g/mol. The molecular weight excluding hydrogens is 236 g/mol. The van der Waals surface area contributed by atoms with Gasteiger partial charge in [0.2, 0.25) is 0 Å². The van der Waals surface area contributed by atoms with Gasteiger partial charge in [0.25, 0.3) is 0 Å². The van der Waals surface area contributed by atoms with Crippen molar-refractivity contribution in [1.82, 2.24) is 4.98 Å². The van der Waals surface area contributed by atoms with Crippen LogP contribution in [0.5, 0.6) is 0 Å². The second-order valence-corrected chi connectivity index (χ2v) is 4.78. The van der Waals surface area contributed by atoms with Crippen LogP contribution in [-0.2, 0) is 6.42 Å². The van der Waals surface area contributed by atoms with Crippen LogP contribution in [-0.4, -0.2) is 11.5 Å². The van der Waals surface area contributed by atoms with E-state index in [2.05, 4.69) is 39.6 Å². The van der Waals surface area contributed by atoms with Gasteiger partial charge in [-0.25, -0.2) is 10.8 Å². The lowest BCUT2D eigenvalue weighted by atomic mass is 10.1. The number of rotatable bonds is 2. The Balaban J connectivity index is 2.03. The number of hydrazine groups is 1. The minimum absolute atomic E-state index is 0.694. The minimum Gasteiger partial charge on any atom is -0.341 e. The van der Waals surface area contributed by atoms with Gasteiger partial charge in [0.15, 0.2) is 0 Å². The molecule has 0 amide bonds. The molecule has 0 atom stereocenters. The van der Waals surface area contributed by atoms with Crippen molar-refractivity contribution in [3.8, 4) is 0 Å². The Kier molecular flexibility index (Phi) is 3.33. The molecular formula is C15H18N4. The first kappa shape index (κ1) is 12.0. The molecule has 0 unspecified atom stereocenters. The van der Waals surface area contributed by atoms with Gasteiger partial charge in [-0.15, -0.1) is 0 Å². The molecule has 0 radical (unpaired) electrons. The van der Waals surface area contributed by atoms with Gasteiger partial charge in [0, 0.05) is 30.2 Å². The van der Waals surface area contributed by atoms with E-state index < -0.39 is 0 Å². The number of anilines is 3. The number of nitrogens with one attached hydrogen (secondary N) is 1. The summed E-state index contributed by atoms with van der Waals surface area (Å²) in [4.78, 5) is 6.52. The van der Waals surface area contributed by atoms with Crippen LogP contribution in [0.4, 0.5) is 17.2 Å². The summed E-state index contributed by atoms with van der Waals surface area (Å²) in [5.74, 6) is 6.14. The maximum atomic E-state index is 5.44. The molecule has 2 heterocycles. The standard InChI is InChI=1S/C15H18N4/c16-18-15-11-13(8-9-17-15)19-10-4-3-6-12-5-1-2-7-14(12)19/h1-2,5,7-9,11H,3-4,6,10,16H2,(H,17,18). The fourth-order valence-corrected chi connectivity index (χ4v) is 2.63. The molecule has 1 aromatic carbocycles. The summed E-state index contributed by atoms with van der Waals surface area (Å²) < 4.78 is 0. The van der Waals surface area contributed by atoms with Crippen LogP contribution in [0.3, 0.4) is 0 Å². The first-order valence-electron chi connectivity index (χ1n) is 6.66. The van der Waals surface area contributed by atoms with E-state index in [9.17, 15) is 0 Å². The Morgan fingerprint density at radius 1 is 1.16 bits per heavy atom. The predicted molar refractivity (Wildman–Crippen MR) is 78.4 cm³/mol. The molecule has 1 aliphatic heterocycles. The van der Waals surface area contributed by atoms with Crippen LogP contribution in [0.25, 0.3) is 0 Å². The topological polar surface area (TPSA) is 54.2 Å². The molecule has 0 spiro atoms. The van der Waals surface area contributed by atoms with E-state index in [1.807, 2.05) is 12.1 Å². The molecule has 1 aromatic heterocycles. The first-order chi connectivity index (χ1) is 9.38. The average Bonchev–Trinajstić information content (AvgIpc) is 2.69. The van der Waals surface area contributed by atoms with Crippen molar-refractivity contribution in [3.63, 3.8) is 0 Å². The maximum Gasteiger partial charge on any atom is 0.141 e. The molecule has 4 heteroatoms. The lowest BCUT2D eigenvalue weighted by molar-refractivity contribution is 0.761. The van der Waals surface area contributed by atoms with Crippen molar-refractivity contribution in [2.24, 2.45) is 5.84 Å². The van der Waals surface area contributed by atoms with Gasteiger partial charge in [-0.05, 0) is 37.0 Å². The smallest absolute Gasteiger partial charge is 0.141 e. The number of fused-ring (bicyclic) bond motifs is 1. The summed E-state index contributed by atoms with van der Waals surface area (Å²) in [7, 11) is 0. The highest BCUT2D eigenvalue weighted by atomic mass is 15.3. The van der Waals surface area contributed by atoms with Crippen molar-refractivity contribution in [1.29, 1.82) is 0 Å². The number of nitrogens with zero attached hydrogens (tertiary/aromatic N) is 2. The van der Waals surface area contributed by atoms with Gasteiger partial charge >= 0.3 is 0 Å². The van der Waals surface area contributed by atoms with Crippen LogP contribution in [0.15, 0.2) is 42.6 Å². The van der Waals surface area contributed by atoms with Crippen molar-refractivity contribution < 1.29 is 0 Å². The van der Waals surface area contributed by atoms with E-state index >= 15 is 0 Å². The van der Waals surface area contributed by atoms with Gasteiger partial charge in [-0.1, -0.05) is 18.2 Å². The number of hydrogen-bond donors (Lipinski definition) is 2. The van der Waals surface area contributed by atoms with Crippen molar-refractivity contribution in [2.75, 3.05) is 16.9 Å². The Morgan fingerprint density at radius 2 is 2.05 bits per heavy atom. The molecule has 3 N–H and O–H groups in total. The molecule has 0 aliphatic carbocycles. The largest absolute Gasteiger partial charge is 0.341 e.